The molecule has 142 valence electrons. The number of carboxylic acid groups (broad SMARTS) is 1. The van der Waals surface area contributed by atoms with Gasteiger partial charge in [-0.25, -0.2) is 0 Å². The number of rotatable bonds is 5. The Labute approximate surface area is 152 Å². The molecule has 4 rings (SSSR count). The number of hydrogen-bond donors (Lipinski definition) is 1. The van der Waals surface area contributed by atoms with Gasteiger partial charge in [0.05, 0.1) is 26.9 Å². The minimum absolute atomic E-state index is 0.0820. The summed E-state index contributed by atoms with van der Waals surface area (Å²) < 4.78 is 22.2. The second-order valence-electron chi connectivity index (χ2n) is 7.11. The number of benzene rings is 1. The maximum Gasteiger partial charge on any atom is 0.317 e. The number of nitrogens with zero attached hydrogens (tertiary/aromatic N) is 2. The maximum absolute atomic E-state index is 11.1. The van der Waals surface area contributed by atoms with Gasteiger partial charge in [-0.05, 0) is 17.7 Å². The third kappa shape index (κ3) is 3.58. The summed E-state index contributed by atoms with van der Waals surface area (Å²) in [6.07, 6.45) is 0. The Morgan fingerprint density at radius 1 is 1.27 bits per heavy atom. The zero-order chi connectivity index (χ0) is 18.1. The summed E-state index contributed by atoms with van der Waals surface area (Å²) in [5.74, 6) is 1.56. The Hall–Kier alpha value is -2.03. The van der Waals surface area contributed by atoms with Crippen molar-refractivity contribution in [1.82, 2.24) is 9.80 Å². The molecule has 3 heterocycles. The highest BCUT2D eigenvalue weighted by atomic mass is 16.7. The van der Waals surface area contributed by atoms with E-state index in [4.69, 9.17) is 24.1 Å². The molecule has 8 heteroatoms. The van der Waals surface area contributed by atoms with Gasteiger partial charge in [0.15, 0.2) is 11.5 Å². The average molecular weight is 364 g/mol. The van der Waals surface area contributed by atoms with E-state index in [2.05, 4.69) is 4.90 Å². The van der Waals surface area contributed by atoms with Gasteiger partial charge in [-0.2, -0.15) is 0 Å². The summed E-state index contributed by atoms with van der Waals surface area (Å²) in [4.78, 5) is 15.5. The van der Waals surface area contributed by atoms with Crippen LogP contribution in [0.1, 0.15) is 5.56 Å². The lowest BCUT2D eigenvalue weighted by molar-refractivity contribution is -0.138. The summed E-state index contributed by atoms with van der Waals surface area (Å²) >= 11 is 0. The molecular formula is C18H24N2O6. The topological polar surface area (TPSA) is 80.7 Å². The lowest BCUT2D eigenvalue weighted by atomic mass is 10.1. The number of carboxylic acids is 1. The smallest absolute Gasteiger partial charge is 0.317 e. The van der Waals surface area contributed by atoms with Crippen LogP contribution in [-0.2, 0) is 16.1 Å². The van der Waals surface area contributed by atoms with Crippen LogP contribution in [0.15, 0.2) is 12.1 Å². The van der Waals surface area contributed by atoms with E-state index in [1.54, 1.807) is 7.11 Å². The van der Waals surface area contributed by atoms with Crippen molar-refractivity contribution in [2.45, 2.75) is 12.6 Å². The molecule has 1 N–H and O–H groups in total. The largest absolute Gasteiger partial charge is 0.493 e. The molecule has 0 aliphatic carbocycles. The third-order valence-corrected chi connectivity index (χ3v) is 5.12. The molecule has 0 amide bonds. The van der Waals surface area contributed by atoms with E-state index in [1.807, 2.05) is 17.0 Å². The fraction of sp³-hybridized carbons (Fsp3) is 0.611. The molecular weight excluding hydrogens is 340 g/mol. The van der Waals surface area contributed by atoms with Gasteiger partial charge in [-0.3, -0.25) is 14.6 Å². The van der Waals surface area contributed by atoms with Crippen LogP contribution in [0.5, 0.6) is 17.2 Å². The van der Waals surface area contributed by atoms with Crippen molar-refractivity contribution in [2.75, 3.05) is 53.3 Å². The van der Waals surface area contributed by atoms with Gasteiger partial charge in [-0.15, -0.1) is 0 Å². The maximum atomic E-state index is 11.1. The van der Waals surface area contributed by atoms with E-state index in [9.17, 15) is 4.79 Å². The van der Waals surface area contributed by atoms with E-state index in [0.717, 1.165) is 25.2 Å². The molecule has 3 aliphatic rings. The van der Waals surface area contributed by atoms with Gasteiger partial charge in [0, 0.05) is 38.1 Å². The zero-order valence-electron chi connectivity index (χ0n) is 14.8. The molecule has 2 saturated heterocycles. The van der Waals surface area contributed by atoms with Crippen molar-refractivity contribution in [2.24, 2.45) is 5.92 Å². The van der Waals surface area contributed by atoms with Crippen molar-refractivity contribution in [3.8, 4) is 17.2 Å². The number of carbonyl (C=O) groups is 1. The standard InChI is InChI=1S/C18H24N2O6/c1-23-15-2-12(3-16-18(15)26-11-25-16)5-20-6-13-4-19(8-17(21)22)7-14(20)10-24-9-13/h2-3,13-14H,4-11H2,1H3,(H,21,22)/t13-,14-/m0/s1. The highest BCUT2D eigenvalue weighted by Gasteiger charge is 2.34. The van der Waals surface area contributed by atoms with Crippen molar-refractivity contribution in [1.29, 1.82) is 0 Å². The van der Waals surface area contributed by atoms with Crippen molar-refractivity contribution >= 4 is 5.97 Å². The molecule has 3 aliphatic heterocycles. The van der Waals surface area contributed by atoms with Crippen LogP contribution in [0.3, 0.4) is 0 Å². The first kappa shape index (κ1) is 17.4. The molecule has 0 unspecified atom stereocenters. The monoisotopic (exact) mass is 364 g/mol. The van der Waals surface area contributed by atoms with E-state index >= 15 is 0 Å². The fourth-order valence-corrected chi connectivity index (χ4v) is 4.05. The Morgan fingerprint density at radius 2 is 2.15 bits per heavy atom. The van der Waals surface area contributed by atoms with E-state index in [1.165, 1.54) is 0 Å². The highest BCUT2D eigenvalue weighted by Crippen LogP contribution is 2.42. The average Bonchev–Trinajstić information content (AvgIpc) is 2.90. The van der Waals surface area contributed by atoms with Crippen LogP contribution in [0.25, 0.3) is 0 Å². The van der Waals surface area contributed by atoms with Crippen LogP contribution in [0.2, 0.25) is 0 Å². The Balaban J connectivity index is 1.53. The minimum atomic E-state index is -0.780. The molecule has 0 saturated carbocycles. The molecule has 2 atom stereocenters. The van der Waals surface area contributed by atoms with Gasteiger partial charge in [0.25, 0.3) is 0 Å². The summed E-state index contributed by atoms with van der Waals surface area (Å²) in [5.41, 5.74) is 1.09. The minimum Gasteiger partial charge on any atom is -0.493 e. The van der Waals surface area contributed by atoms with Crippen LogP contribution < -0.4 is 14.2 Å². The number of hydrogen-bond acceptors (Lipinski definition) is 7. The van der Waals surface area contributed by atoms with Crippen LogP contribution in [0.4, 0.5) is 0 Å². The normalized spacial score (nSPS) is 25.7. The summed E-state index contributed by atoms with van der Waals surface area (Å²) in [6, 6.07) is 4.15. The number of aliphatic carboxylic acids is 1. The van der Waals surface area contributed by atoms with Gasteiger partial charge < -0.3 is 24.1 Å². The predicted molar refractivity (Wildman–Crippen MR) is 91.7 cm³/mol. The van der Waals surface area contributed by atoms with Crippen molar-refractivity contribution in [3.63, 3.8) is 0 Å². The van der Waals surface area contributed by atoms with Gasteiger partial charge in [-0.1, -0.05) is 0 Å². The lowest BCUT2D eigenvalue weighted by Crippen LogP contribution is -2.44. The molecule has 2 fully saturated rings. The number of fused-ring (bicyclic) bond motifs is 4. The molecule has 0 spiro atoms. The zero-order valence-corrected chi connectivity index (χ0v) is 14.8. The van der Waals surface area contributed by atoms with Gasteiger partial charge >= 0.3 is 5.97 Å². The Kier molecular flexibility index (Phi) is 4.88. The molecule has 1 aromatic rings. The molecule has 0 radical (unpaired) electrons. The molecule has 0 aromatic heterocycles. The van der Waals surface area contributed by atoms with Crippen LogP contribution >= 0.6 is 0 Å². The highest BCUT2D eigenvalue weighted by molar-refractivity contribution is 5.69. The molecule has 2 bridgehead atoms. The van der Waals surface area contributed by atoms with E-state index in [0.29, 0.717) is 42.9 Å². The fourth-order valence-electron chi connectivity index (χ4n) is 4.05. The second-order valence-corrected chi connectivity index (χ2v) is 7.11. The summed E-state index contributed by atoms with van der Waals surface area (Å²) in [7, 11) is 1.62. The van der Waals surface area contributed by atoms with E-state index < -0.39 is 5.97 Å². The first-order chi connectivity index (χ1) is 12.6. The van der Waals surface area contributed by atoms with Gasteiger partial charge in [0.2, 0.25) is 12.5 Å². The summed E-state index contributed by atoms with van der Waals surface area (Å²) in [5, 5.41) is 9.14. The Morgan fingerprint density at radius 3 is 2.96 bits per heavy atom. The molecule has 8 nitrogen and oxygen atoms in total. The number of methoxy groups -OCH3 is 1. The summed E-state index contributed by atoms with van der Waals surface area (Å²) in [6.45, 7) is 4.66. The first-order valence-electron chi connectivity index (χ1n) is 8.85. The Bertz CT molecular complexity index is 682. The molecule has 1 aromatic carbocycles. The van der Waals surface area contributed by atoms with Crippen molar-refractivity contribution in [3.05, 3.63) is 17.7 Å². The predicted octanol–water partition coefficient (Wildman–Crippen LogP) is 0.641. The van der Waals surface area contributed by atoms with Crippen LogP contribution in [-0.4, -0.2) is 80.2 Å². The molecule has 26 heavy (non-hydrogen) atoms. The second kappa shape index (κ2) is 7.30. The third-order valence-electron chi connectivity index (χ3n) is 5.12. The van der Waals surface area contributed by atoms with Crippen molar-refractivity contribution < 1.29 is 28.8 Å². The lowest BCUT2D eigenvalue weighted by Gasteiger charge is -2.30. The van der Waals surface area contributed by atoms with Crippen LogP contribution in [0, 0.1) is 5.92 Å². The van der Waals surface area contributed by atoms with E-state index in [-0.39, 0.29) is 19.4 Å². The number of ether oxygens (including phenoxy) is 4. The quantitative estimate of drug-likeness (QED) is 0.815. The SMILES string of the molecule is COc1cc(CN2C[C@H]3COC[C@@H]2CN(CC(=O)O)C3)cc2c1OCO2. The first-order valence-corrected chi connectivity index (χ1v) is 8.85. The van der Waals surface area contributed by atoms with Gasteiger partial charge in [0.1, 0.15) is 0 Å².